The van der Waals surface area contributed by atoms with Crippen LogP contribution in [0, 0.1) is 0 Å². The van der Waals surface area contributed by atoms with E-state index in [1.807, 2.05) is 34.9 Å². The van der Waals surface area contributed by atoms with Gasteiger partial charge in [-0.2, -0.15) is 0 Å². The number of rotatable bonds is 6. The molecule has 3 heterocycles. The first-order chi connectivity index (χ1) is 11.2. The van der Waals surface area contributed by atoms with E-state index in [0.717, 1.165) is 48.8 Å². The number of hydrogen-bond acceptors (Lipinski definition) is 4. The van der Waals surface area contributed by atoms with Crippen LogP contribution in [-0.2, 0) is 11.2 Å². The number of fused-ring (bicyclic) bond motifs is 1. The van der Waals surface area contributed by atoms with Crippen molar-refractivity contribution in [3.63, 3.8) is 0 Å². The van der Waals surface area contributed by atoms with Crippen LogP contribution in [-0.4, -0.2) is 32.0 Å². The van der Waals surface area contributed by atoms with Crippen LogP contribution >= 0.6 is 11.8 Å². The number of allylic oxidation sites excluding steroid dienone is 1. The Morgan fingerprint density at radius 2 is 2.17 bits per heavy atom. The number of unbranched alkanes of at least 4 members (excludes halogenated alkanes) is 1. The molecule has 0 aliphatic carbocycles. The molecule has 6 heteroatoms. The first kappa shape index (κ1) is 15.8. The molecule has 2 aromatic rings. The lowest BCUT2D eigenvalue weighted by atomic mass is 10.2. The average Bonchev–Trinajstić information content (AvgIpc) is 3.13. The molecule has 2 amide bonds. The molecule has 1 saturated heterocycles. The lowest BCUT2D eigenvalue weighted by Crippen LogP contribution is -2.29. The Kier molecular flexibility index (Phi) is 4.81. The minimum Gasteiger partial charge on any atom is -0.304 e. The number of aryl methyl sites for hydroxylation is 1. The van der Waals surface area contributed by atoms with Gasteiger partial charge in [0.1, 0.15) is 5.65 Å². The maximum Gasteiger partial charge on any atom is 0.293 e. The maximum atomic E-state index is 12.2. The molecule has 0 unspecified atom stereocenters. The van der Waals surface area contributed by atoms with E-state index < -0.39 is 0 Å². The zero-order valence-electron chi connectivity index (χ0n) is 13.1. The molecule has 0 N–H and O–H groups in total. The summed E-state index contributed by atoms with van der Waals surface area (Å²) >= 11 is 1.06. The third kappa shape index (κ3) is 3.32. The average molecular weight is 329 g/mol. The summed E-state index contributed by atoms with van der Waals surface area (Å²) in [6.07, 6.45) is 8.92. The zero-order valence-corrected chi connectivity index (χ0v) is 13.9. The van der Waals surface area contributed by atoms with E-state index in [0.29, 0.717) is 11.4 Å². The second-order valence-electron chi connectivity index (χ2n) is 5.46. The summed E-state index contributed by atoms with van der Waals surface area (Å²) in [5, 5.41) is -0.154. The molecule has 1 aliphatic rings. The highest BCUT2D eigenvalue weighted by Gasteiger charge is 2.34. The van der Waals surface area contributed by atoms with Gasteiger partial charge in [-0.25, -0.2) is 4.98 Å². The minimum absolute atomic E-state index is 0.144. The van der Waals surface area contributed by atoms with Crippen LogP contribution in [0.4, 0.5) is 4.79 Å². The summed E-state index contributed by atoms with van der Waals surface area (Å²) in [6, 6.07) is 5.98. The molecular formula is C17H19N3O2S. The molecule has 5 nitrogen and oxygen atoms in total. The fourth-order valence-electron chi connectivity index (χ4n) is 2.63. The first-order valence-corrected chi connectivity index (χ1v) is 8.67. The zero-order chi connectivity index (χ0) is 16.2. The van der Waals surface area contributed by atoms with Gasteiger partial charge in [0, 0.05) is 24.6 Å². The van der Waals surface area contributed by atoms with Gasteiger partial charge in [0.2, 0.25) is 0 Å². The van der Waals surface area contributed by atoms with Gasteiger partial charge >= 0.3 is 0 Å². The van der Waals surface area contributed by atoms with Gasteiger partial charge in [0.05, 0.1) is 4.91 Å². The van der Waals surface area contributed by atoms with E-state index in [2.05, 4.69) is 11.9 Å². The number of carbonyl (C=O) groups is 2. The Morgan fingerprint density at radius 3 is 3.00 bits per heavy atom. The molecule has 3 rings (SSSR count). The van der Waals surface area contributed by atoms with Crippen LogP contribution in [0.15, 0.2) is 41.6 Å². The van der Waals surface area contributed by atoms with Crippen LogP contribution in [0.5, 0.6) is 0 Å². The van der Waals surface area contributed by atoms with Crippen molar-refractivity contribution in [2.24, 2.45) is 0 Å². The van der Waals surface area contributed by atoms with Gasteiger partial charge in [-0.3, -0.25) is 14.5 Å². The Bertz CT molecular complexity index is 766. The predicted octanol–water partition coefficient (Wildman–Crippen LogP) is 3.65. The van der Waals surface area contributed by atoms with Crippen molar-refractivity contribution in [3.05, 3.63) is 47.3 Å². The number of pyridine rings is 1. The topological polar surface area (TPSA) is 54.7 Å². The van der Waals surface area contributed by atoms with Gasteiger partial charge in [-0.1, -0.05) is 25.5 Å². The second kappa shape index (κ2) is 7.00. The summed E-state index contributed by atoms with van der Waals surface area (Å²) in [5.41, 5.74) is 2.05. The van der Waals surface area contributed by atoms with Crippen LogP contribution < -0.4 is 0 Å². The lowest BCUT2D eigenvalue weighted by molar-refractivity contribution is -0.122. The van der Waals surface area contributed by atoms with E-state index in [1.54, 1.807) is 6.20 Å². The normalized spacial score (nSPS) is 16.9. The molecular weight excluding hydrogens is 310 g/mol. The van der Waals surface area contributed by atoms with E-state index in [4.69, 9.17) is 0 Å². The number of amides is 2. The predicted molar refractivity (Wildman–Crippen MR) is 91.2 cm³/mol. The monoisotopic (exact) mass is 329 g/mol. The molecule has 1 aliphatic heterocycles. The Morgan fingerprint density at radius 1 is 1.30 bits per heavy atom. The van der Waals surface area contributed by atoms with Crippen molar-refractivity contribution in [2.75, 3.05) is 6.54 Å². The highest BCUT2D eigenvalue weighted by molar-refractivity contribution is 8.18. The van der Waals surface area contributed by atoms with Gasteiger partial charge in [-0.05, 0) is 43.2 Å². The third-order valence-electron chi connectivity index (χ3n) is 3.82. The Labute approximate surface area is 139 Å². The van der Waals surface area contributed by atoms with Gasteiger partial charge in [0.25, 0.3) is 11.1 Å². The van der Waals surface area contributed by atoms with Gasteiger partial charge in [0.15, 0.2) is 0 Å². The van der Waals surface area contributed by atoms with Crippen molar-refractivity contribution in [1.82, 2.24) is 14.3 Å². The minimum atomic E-state index is -0.154. The summed E-state index contributed by atoms with van der Waals surface area (Å²) in [7, 11) is 0. The van der Waals surface area contributed by atoms with Crippen molar-refractivity contribution < 1.29 is 9.59 Å². The van der Waals surface area contributed by atoms with Gasteiger partial charge < -0.3 is 4.40 Å². The van der Waals surface area contributed by atoms with Crippen LogP contribution in [0.2, 0.25) is 0 Å². The number of hydrogen-bond donors (Lipinski definition) is 0. The summed E-state index contributed by atoms with van der Waals surface area (Å²) in [4.78, 5) is 30.4. The molecule has 2 aromatic heterocycles. The van der Waals surface area contributed by atoms with Crippen LogP contribution in [0.1, 0.15) is 31.9 Å². The molecule has 0 bridgehead atoms. The SMILES string of the molecule is CCC/C=C1/SC(=O)N(CCCc2cccc3nccn23)C1=O. The molecule has 120 valence electrons. The summed E-state index contributed by atoms with van der Waals surface area (Å²) < 4.78 is 2.04. The highest BCUT2D eigenvalue weighted by Crippen LogP contribution is 2.31. The van der Waals surface area contributed by atoms with E-state index in [-0.39, 0.29) is 11.1 Å². The number of aromatic nitrogens is 2. The van der Waals surface area contributed by atoms with E-state index >= 15 is 0 Å². The number of thioether (sulfide) groups is 1. The molecule has 0 atom stereocenters. The standard InChI is InChI=1S/C17H19N3O2S/c1-2-3-8-14-16(21)20(17(22)23-14)11-5-7-13-6-4-9-15-18-10-12-19(13)15/h4,6,8-10,12H,2-3,5,7,11H2,1H3/b14-8+. The molecule has 0 aromatic carbocycles. The third-order valence-corrected chi connectivity index (χ3v) is 4.78. The first-order valence-electron chi connectivity index (χ1n) is 7.85. The molecule has 0 saturated carbocycles. The quantitative estimate of drug-likeness (QED) is 0.759. The largest absolute Gasteiger partial charge is 0.304 e. The second-order valence-corrected chi connectivity index (χ2v) is 6.45. The van der Waals surface area contributed by atoms with Gasteiger partial charge in [-0.15, -0.1) is 0 Å². The smallest absolute Gasteiger partial charge is 0.293 e. The fraction of sp³-hybridized carbons (Fsp3) is 0.353. The maximum absolute atomic E-state index is 12.2. The molecule has 1 fully saturated rings. The van der Waals surface area contributed by atoms with Crippen LogP contribution in [0.25, 0.3) is 5.65 Å². The Balaban J connectivity index is 1.61. The van der Waals surface area contributed by atoms with E-state index in [1.165, 1.54) is 4.90 Å². The molecule has 0 radical (unpaired) electrons. The number of carbonyl (C=O) groups excluding carboxylic acids is 2. The summed E-state index contributed by atoms with van der Waals surface area (Å²) in [5.74, 6) is -0.144. The lowest BCUT2D eigenvalue weighted by Gasteiger charge is -2.12. The van der Waals surface area contributed by atoms with Crippen molar-refractivity contribution in [2.45, 2.75) is 32.6 Å². The number of imidazole rings is 1. The summed E-state index contributed by atoms with van der Waals surface area (Å²) in [6.45, 7) is 2.51. The number of imide groups is 1. The highest BCUT2D eigenvalue weighted by atomic mass is 32.2. The Hall–Kier alpha value is -2.08. The van der Waals surface area contributed by atoms with Crippen molar-refractivity contribution in [3.8, 4) is 0 Å². The van der Waals surface area contributed by atoms with Crippen molar-refractivity contribution in [1.29, 1.82) is 0 Å². The number of nitrogens with zero attached hydrogens (tertiary/aromatic N) is 3. The fourth-order valence-corrected chi connectivity index (χ4v) is 3.51. The van der Waals surface area contributed by atoms with E-state index in [9.17, 15) is 9.59 Å². The van der Waals surface area contributed by atoms with Crippen LogP contribution in [0.3, 0.4) is 0 Å². The molecule has 0 spiro atoms. The molecule has 23 heavy (non-hydrogen) atoms. The van der Waals surface area contributed by atoms with Crippen molar-refractivity contribution >= 4 is 28.6 Å².